The van der Waals surface area contributed by atoms with Gasteiger partial charge in [0.25, 0.3) is 11.8 Å². The Morgan fingerprint density at radius 3 is 2.12 bits per heavy atom. The lowest BCUT2D eigenvalue weighted by Crippen LogP contribution is -2.30. The SMILES string of the molecule is COc1ccc(NC(=O)/C(=C\c2ccccc2)NC(=O)c2ccc(OCC(C)C)cc2)cc1. The number of carbonyl (C=O) groups is 2. The third kappa shape index (κ3) is 7.25. The average molecular weight is 445 g/mol. The molecule has 6 nitrogen and oxygen atoms in total. The van der Waals surface area contributed by atoms with Crippen molar-refractivity contribution in [2.75, 3.05) is 19.0 Å². The first-order chi connectivity index (χ1) is 15.9. The van der Waals surface area contributed by atoms with Gasteiger partial charge >= 0.3 is 0 Å². The monoisotopic (exact) mass is 444 g/mol. The summed E-state index contributed by atoms with van der Waals surface area (Å²) in [7, 11) is 1.58. The van der Waals surface area contributed by atoms with E-state index in [1.54, 1.807) is 61.7 Å². The molecule has 0 spiro atoms. The third-order valence-corrected chi connectivity index (χ3v) is 4.65. The molecule has 0 aliphatic rings. The van der Waals surface area contributed by atoms with E-state index in [1.807, 2.05) is 30.3 Å². The predicted molar refractivity (Wildman–Crippen MR) is 130 cm³/mol. The van der Waals surface area contributed by atoms with E-state index < -0.39 is 11.8 Å². The molecule has 3 aromatic carbocycles. The van der Waals surface area contributed by atoms with Gasteiger partial charge in [-0.25, -0.2) is 0 Å². The third-order valence-electron chi connectivity index (χ3n) is 4.65. The number of nitrogens with one attached hydrogen (secondary N) is 2. The van der Waals surface area contributed by atoms with E-state index in [9.17, 15) is 9.59 Å². The fourth-order valence-corrected chi connectivity index (χ4v) is 2.91. The van der Waals surface area contributed by atoms with Crippen LogP contribution in [0.1, 0.15) is 29.8 Å². The molecule has 0 saturated heterocycles. The number of hydrogen-bond donors (Lipinski definition) is 2. The van der Waals surface area contributed by atoms with Crippen molar-refractivity contribution in [1.29, 1.82) is 0 Å². The lowest BCUT2D eigenvalue weighted by Gasteiger charge is -2.12. The van der Waals surface area contributed by atoms with E-state index in [0.29, 0.717) is 35.3 Å². The molecule has 33 heavy (non-hydrogen) atoms. The van der Waals surface area contributed by atoms with Gasteiger partial charge in [0, 0.05) is 11.3 Å². The van der Waals surface area contributed by atoms with E-state index in [4.69, 9.17) is 9.47 Å². The number of carbonyl (C=O) groups excluding carboxylic acids is 2. The zero-order valence-corrected chi connectivity index (χ0v) is 19.0. The quantitative estimate of drug-likeness (QED) is 0.448. The largest absolute Gasteiger partial charge is 0.497 e. The molecule has 0 heterocycles. The number of rotatable bonds is 9. The highest BCUT2D eigenvalue weighted by Gasteiger charge is 2.15. The number of ether oxygens (including phenoxy) is 2. The van der Waals surface area contributed by atoms with Gasteiger partial charge in [-0.1, -0.05) is 44.2 Å². The Morgan fingerprint density at radius 2 is 1.52 bits per heavy atom. The van der Waals surface area contributed by atoms with E-state index in [0.717, 1.165) is 5.56 Å². The minimum absolute atomic E-state index is 0.127. The lowest BCUT2D eigenvalue weighted by atomic mass is 10.1. The fourth-order valence-electron chi connectivity index (χ4n) is 2.91. The van der Waals surface area contributed by atoms with E-state index >= 15 is 0 Å². The van der Waals surface area contributed by atoms with Gasteiger partial charge in [-0.2, -0.15) is 0 Å². The number of methoxy groups -OCH3 is 1. The van der Waals surface area contributed by atoms with Crippen molar-refractivity contribution < 1.29 is 19.1 Å². The van der Waals surface area contributed by atoms with Crippen LogP contribution in [0.2, 0.25) is 0 Å². The van der Waals surface area contributed by atoms with Crippen molar-refractivity contribution >= 4 is 23.6 Å². The second kappa shape index (κ2) is 11.5. The van der Waals surface area contributed by atoms with Gasteiger partial charge in [-0.05, 0) is 66.1 Å². The molecule has 0 radical (unpaired) electrons. The van der Waals surface area contributed by atoms with Gasteiger partial charge in [0.05, 0.1) is 13.7 Å². The smallest absolute Gasteiger partial charge is 0.272 e. The first-order valence-electron chi connectivity index (χ1n) is 10.7. The molecule has 3 aromatic rings. The van der Waals surface area contributed by atoms with Crippen molar-refractivity contribution in [1.82, 2.24) is 5.32 Å². The average Bonchev–Trinajstić information content (AvgIpc) is 2.83. The molecule has 2 amide bonds. The van der Waals surface area contributed by atoms with Crippen LogP contribution < -0.4 is 20.1 Å². The van der Waals surface area contributed by atoms with Gasteiger partial charge in [-0.15, -0.1) is 0 Å². The van der Waals surface area contributed by atoms with Crippen LogP contribution in [0.4, 0.5) is 5.69 Å². The Hall–Kier alpha value is -4.06. The first kappa shape index (κ1) is 23.6. The first-order valence-corrected chi connectivity index (χ1v) is 10.7. The highest BCUT2D eigenvalue weighted by atomic mass is 16.5. The van der Waals surface area contributed by atoms with Crippen molar-refractivity contribution in [2.45, 2.75) is 13.8 Å². The summed E-state index contributed by atoms with van der Waals surface area (Å²) in [5.41, 5.74) is 1.92. The Kier molecular flexibility index (Phi) is 8.24. The fraction of sp³-hybridized carbons (Fsp3) is 0.185. The van der Waals surface area contributed by atoms with Crippen molar-refractivity contribution in [2.24, 2.45) is 5.92 Å². The van der Waals surface area contributed by atoms with Crippen LogP contribution in [0.25, 0.3) is 6.08 Å². The van der Waals surface area contributed by atoms with Crippen molar-refractivity contribution in [3.63, 3.8) is 0 Å². The molecule has 0 fully saturated rings. The number of hydrogen-bond acceptors (Lipinski definition) is 4. The van der Waals surface area contributed by atoms with E-state index in [1.165, 1.54) is 0 Å². The van der Waals surface area contributed by atoms with Crippen LogP contribution in [0.5, 0.6) is 11.5 Å². The molecule has 0 aliphatic heterocycles. The molecule has 170 valence electrons. The highest BCUT2D eigenvalue weighted by molar-refractivity contribution is 6.10. The topological polar surface area (TPSA) is 76.7 Å². The van der Waals surface area contributed by atoms with Gasteiger partial charge in [-0.3, -0.25) is 9.59 Å². The minimum Gasteiger partial charge on any atom is -0.497 e. The maximum Gasteiger partial charge on any atom is 0.272 e. The Balaban J connectivity index is 1.77. The van der Waals surface area contributed by atoms with Crippen LogP contribution in [-0.2, 0) is 4.79 Å². The van der Waals surface area contributed by atoms with Crippen LogP contribution in [0.3, 0.4) is 0 Å². The highest BCUT2D eigenvalue weighted by Crippen LogP contribution is 2.17. The van der Waals surface area contributed by atoms with Crippen LogP contribution in [0.15, 0.2) is 84.6 Å². The number of anilines is 1. The van der Waals surface area contributed by atoms with Crippen LogP contribution in [-0.4, -0.2) is 25.5 Å². The van der Waals surface area contributed by atoms with E-state index in [-0.39, 0.29) is 5.70 Å². The maximum absolute atomic E-state index is 13.0. The van der Waals surface area contributed by atoms with E-state index in [2.05, 4.69) is 24.5 Å². The minimum atomic E-state index is -0.436. The van der Waals surface area contributed by atoms with Crippen LogP contribution in [0, 0.1) is 5.92 Å². The van der Waals surface area contributed by atoms with Gasteiger partial charge in [0.15, 0.2) is 0 Å². The van der Waals surface area contributed by atoms with Gasteiger partial charge in [0.1, 0.15) is 17.2 Å². The molecular formula is C27H28N2O4. The van der Waals surface area contributed by atoms with Gasteiger partial charge in [0.2, 0.25) is 0 Å². The molecule has 3 rings (SSSR count). The summed E-state index contributed by atoms with van der Waals surface area (Å²) in [6.07, 6.45) is 1.64. The Morgan fingerprint density at radius 1 is 0.879 bits per heavy atom. The summed E-state index contributed by atoms with van der Waals surface area (Å²) < 4.78 is 10.8. The second-order valence-corrected chi connectivity index (χ2v) is 7.83. The molecule has 0 aliphatic carbocycles. The number of benzene rings is 3. The maximum atomic E-state index is 13.0. The van der Waals surface area contributed by atoms with Gasteiger partial charge < -0.3 is 20.1 Å². The normalized spacial score (nSPS) is 11.1. The second-order valence-electron chi connectivity index (χ2n) is 7.83. The molecule has 0 bridgehead atoms. The molecule has 2 N–H and O–H groups in total. The molecule has 0 atom stereocenters. The predicted octanol–water partition coefficient (Wildman–Crippen LogP) is 5.14. The zero-order chi connectivity index (χ0) is 23.6. The molecule has 0 unspecified atom stereocenters. The van der Waals surface area contributed by atoms with Crippen molar-refractivity contribution in [3.8, 4) is 11.5 Å². The molecule has 6 heteroatoms. The molecular weight excluding hydrogens is 416 g/mol. The molecule has 0 saturated carbocycles. The summed E-state index contributed by atoms with van der Waals surface area (Å²) >= 11 is 0. The van der Waals surface area contributed by atoms with Crippen LogP contribution >= 0.6 is 0 Å². The lowest BCUT2D eigenvalue weighted by molar-refractivity contribution is -0.113. The Labute approximate surface area is 194 Å². The Bertz CT molecular complexity index is 1090. The van der Waals surface area contributed by atoms with Crippen molar-refractivity contribution in [3.05, 3.63) is 95.7 Å². The summed E-state index contributed by atoms with van der Waals surface area (Å²) in [6, 6.07) is 23.1. The number of amides is 2. The zero-order valence-electron chi connectivity index (χ0n) is 19.0. The molecule has 0 aromatic heterocycles. The summed E-state index contributed by atoms with van der Waals surface area (Å²) in [5, 5.41) is 5.55. The summed E-state index contributed by atoms with van der Waals surface area (Å²) in [4.78, 5) is 25.9. The summed E-state index contributed by atoms with van der Waals surface area (Å²) in [5.74, 6) is 0.953. The summed E-state index contributed by atoms with van der Waals surface area (Å²) in [6.45, 7) is 4.74. The standard InChI is InChI=1S/C27H28N2O4/c1-19(2)18-33-24-13-9-21(10-14-24)26(30)29-25(17-20-7-5-4-6-8-20)27(31)28-22-11-15-23(32-3)16-12-22/h4-17,19H,18H2,1-3H3,(H,28,31)(H,29,30)/b25-17+.